The molecule has 0 rings (SSSR count). The third-order valence-corrected chi connectivity index (χ3v) is 1.22. The fourth-order valence-electron chi connectivity index (χ4n) is 0.593. The molecule has 82 valence electrons. The van der Waals surface area contributed by atoms with E-state index in [9.17, 15) is 26.3 Å². The minimum atomic E-state index is -4.80. The minimum Gasteiger partial charge on any atom is -0.307 e. The molecule has 0 saturated carbocycles. The zero-order valence-corrected chi connectivity index (χ0v) is 6.71. The van der Waals surface area contributed by atoms with Gasteiger partial charge in [0.2, 0.25) is 0 Å². The highest BCUT2D eigenvalue weighted by Crippen LogP contribution is 2.25. The lowest BCUT2D eigenvalue weighted by Crippen LogP contribution is -2.37. The van der Waals surface area contributed by atoms with Gasteiger partial charge in [0.1, 0.15) is 0 Å². The average molecular weight is 220 g/mol. The first-order chi connectivity index (χ1) is 6.17. The fourth-order valence-corrected chi connectivity index (χ4v) is 0.593. The predicted molar refractivity (Wildman–Crippen MR) is 34.1 cm³/mol. The summed E-state index contributed by atoms with van der Waals surface area (Å²) in [5.41, 5.74) is 0. The van der Waals surface area contributed by atoms with Gasteiger partial charge in [-0.05, 0) is 0 Å². The molecule has 8 heteroatoms. The van der Waals surface area contributed by atoms with Crippen molar-refractivity contribution in [3.63, 3.8) is 0 Å². The van der Waals surface area contributed by atoms with E-state index in [-0.39, 0.29) is 0 Å². The molecule has 0 aliphatic heterocycles. The summed E-state index contributed by atoms with van der Waals surface area (Å²) in [5.74, 6) is -2.41. The van der Waals surface area contributed by atoms with Gasteiger partial charge in [-0.25, -0.2) is 0 Å². The molecule has 0 aromatic rings. The Kier molecular flexibility index (Phi) is 4.19. The molecular formula is C6H6F6N2. The van der Waals surface area contributed by atoms with E-state index in [1.807, 2.05) is 0 Å². The SMILES string of the molecule is N#CC(CNCC(F)(F)F)C(F)(F)F. The third-order valence-electron chi connectivity index (χ3n) is 1.22. The zero-order valence-electron chi connectivity index (χ0n) is 6.71. The van der Waals surface area contributed by atoms with Crippen molar-refractivity contribution in [2.24, 2.45) is 5.92 Å². The van der Waals surface area contributed by atoms with Gasteiger partial charge in [0.25, 0.3) is 0 Å². The highest BCUT2D eigenvalue weighted by molar-refractivity contribution is 4.89. The van der Waals surface area contributed by atoms with Crippen molar-refractivity contribution in [3.8, 4) is 6.07 Å². The number of nitrogens with one attached hydrogen (secondary N) is 1. The summed E-state index contributed by atoms with van der Waals surface area (Å²) in [6.45, 7) is -2.60. The molecule has 0 spiro atoms. The maximum atomic E-state index is 11.8. The van der Waals surface area contributed by atoms with E-state index >= 15 is 0 Å². The lowest BCUT2D eigenvalue weighted by atomic mass is 10.1. The zero-order chi connectivity index (χ0) is 11.4. The van der Waals surface area contributed by atoms with E-state index in [1.54, 1.807) is 0 Å². The van der Waals surface area contributed by atoms with Crippen LogP contribution in [0.25, 0.3) is 0 Å². The molecule has 0 fully saturated rings. The summed E-state index contributed by atoms with van der Waals surface area (Å²) < 4.78 is 69.8. The third kappa shape index (κ3) is 5.64. The number of nitriles is 1. The molecule has 14 heavy (non-hydrogen) atoms. The van der Waals surface area contributed by atoms with Gasteiger partial charge in [-0.3, -0.25) is 0 Å². The standard InChI is InChI=1S/C6H6F6N2/c7-5(8,9)3-14-2-4(1-13)6(10,11)12/h4,14H,2-3H2. The maximum Gasteiger partial charge on any atom is 0.405 e. The molecule has 0 heterocycles. The van der Waals surface area contributed by atoms with Crippen LogP contribution in [0.2, 0.25) is 0 Å². The number of halogens is 6. The van der Waals surface area contributed by atoms with Crippen LogP contribution in [0.15, 0.2) is 0 Å². The molecule has 1 unspecified atom stereocenters. The average Bonchev–Trinajstić information content (AvgIpc) is 1.93. The number of hydrogen-bond acceptors (Lipinski definition) is 2. The van der Waals surface area contributed by atoms with E-state index in [0.29, 0.717) is 0 Å². The Morgan fingerprint density at radius 2 is 1.64 bits per heavy atom. The van der Waals surface area contributed by atoms with Crippen LogP contribution in [0, 0.1) is 17.2 Å². The Morgan fingerprint density at radius 1 is 1.14 bits per heavy atom. The molecular weight excluding hydrogens is 214 g/mol. The van der Waals surface area contributed by atoms with Crippen molar-refractivity contribution in [2.45, 2.75) is 12.4 Å². The predicted octanol–water partition coefficient (Wildman–Crippen LogP) is 1.84. The van der Waals surface area contributed by atoms with Gasteiger partial charge in [0.15, 0.2) is 5.92 Å². The van der Waals surface area contributed by atoms with Crippen molar-refractivity contribution in [2.75, 3.05) is 13.1 Å². The molecule has 0 aliphatic carbocycles. The Balaban J connectivity index is 3.95. The van der Waals surface area contributed by atoms with Crippen LogP contribution in [0.5, 0.6) is 0 Å². The van der Waals surface area contributed by atoms with Gasteiger partial charge in [-0.1, -0.05) is 0 Å². The van der Waals surface area contributed by atoms with Crippen molar-refractivity contribution >= 4 is 0 Å². The summed E-state index contributed by atoms with van der Waals surface area (Å²) in [4.78, 5) is 0. The van der Waals surface area contributed by atoms with Gasteiger partial charge < -0.3 is 5.32 Å². The van der Waals surface area contributed by atoms with Gasteiger partial charge >= 0.3 is 12.4 Å². The first-order valence-electron chi connectivity index (χ1n) is 3.40. The van der Waals surface area contributed by atoms with Gasteiger partial charge in [0, 0.05) is 6.54 Å². The molecule has 0 bridgehead atoms. The van der Waals surface area contributed by atoms with Crippen LogP contribution < -0.4 is 5.32 Å². The van der Waals surface area contributed by atoms with Gasteiger partial charge in [0.05, 0.1) is 12.6 Å². The molecule has 0 aromatic heterocycles. The molecule has 0 radical (unpaired) electrons. The molecule has 0 aliphatic rings. The Morgan fingerprint density at radius 3 is 1.93 bits per heavy atom. The van der Waals surface area contributed by atoms with Crippen LogP contribution >= 0.6 is 0 Å². The summed E-state index contributed by atoms with van der Waals surface area (Å²) in [6, 6.07) is 0.873. The largest absolute Gasteiger partial charge is 0.405 e. The number of alkyl halides is 6. The summed E-state index contributed by atoms with van der Waals surface area (Å²) >= 11 is 0. The molecule has 0 aromatic carbocycles. The summed E-state index contributed by atoms with van der Waals surface area (Å²) in [7, 11) is 0. The molecule has 2 nitrogen and oxygen atoms in total. The maximum absolute atomic E-state index is 11.8. The van der Waals surface area contributed by atoms with Crippen LogP contribution in [0.4, 0.5) is 26.3 Å². The Labute approximate surface area is 75.5 Å². The first kappa shape index (κ1) is 13.0. The molecule has 1 atom stereocenters. The van der Waals surface area contributed by atoms with Crippen LogP contribution in [0.3, 0.4) is 0 Å². The lowest BCUT2D eigenvalue weighted by Gasteiger charge is -2.14. The highest BCUT2D eigenvalue weighted by Gasteiger charge is 2.40. The van der Waals surface area contributed by atoms with Crippen LogP contribution in [-0.4, -0.2) is 25.4 Å². The monoisotopic (exact) mass is 220 g/mol. The number of hydrogen-bond donors (Lipinski definition) is 1. The van der Waals surface area contributed by atoms with E-state index in [0.717, 1.165) is 6.07 Å². The molecule has 0 amide bonds. The minimum absolute atomic E-state index is 0.873. The first-order valence-corrected chi connectivity index (χ1v) is 3.40. The number of rotatable bonds is 3. The van der Waals surface area contributed by atoms with E-state index in [1.165, 1.54) is 5.32 Å². The normalized spacial score (nSPS) is 14.9. The summed E-state index contributed by atoms with van der Waals surface area (Å²) in [6.07, 6.45) is -9.38. The Hall–Kier alpha value is -0.970. The second-order valence-electron chi connectivity index (χ2n) is 2.47. The van der Waals surface area contributed by atoms with Crippen molar-refractivity contribution < 1.29 is 26.3 Å². The second kappa shape index (κ2) is 4.50. The van der Waals surface area contributed by atoms with Crippen LogP contribution in [-0.2, 0) is 0 Å². The van der Waals surface area contributed by atoms with Gasteiger partial charge in [-0.15, -0.1) is 0 Å². The van der Waals surface area contributed by atoms with E-state index in [2.05, 4.69) is 0 Å². The van der Waals surface area contributed by atoms with E-state index in [4.69, 9.17) is 5.26 Å². The smallest absolute Gasteiger partial charge is 0.307 e. The summed E-state index contributed by atoms with van der Waals surface area (Å²) in [5, 5.41) is 9.52. The fraction of sp³-hybridized carbons (Fsp3) is 0.833. The molecule has 0 saturated heterocycles. The van der Waals surface area contributed by atoms with Crippen molar-refractivity contribution in [3.05, 3.63) is 0 Å². The Bertz CT molecular complexity index is 212. The highest BCUT2D eigenvalue weighted by atomic mass is 19.4. The quantitative estimate of drug-likeness (QED) is 0.736. The number of nitrogens with zero attached hydrogens (tertiary/aromatic N) is 1. The molecule has 1 N–H and O–H groups in total. The van der Waals surface area contributed by atoms with E-state index < -0.39 is 31.4 Å². The van der Waals surface area contributed by atoms with Crippen molar-refractivity contribution in [1.82, 2.24) is 5.32 Å². The van der Waals surface area contributed by atoms with Gasteiger partial charge in [-0.2, -0.15) is 31.6 Å². The van der Waals surface area contributed by atoms with Crippen LogP contribution in [0.1, 0.15) is 0 Å². The van der Waals surface area contributed by atoms with Crippen molar-refractivity contribution in [1.29, 1.82) is 5.26 Å². The topological polar surface area (TPSA) is 35.8 Å². The second-order valence-corrected chi connectivity index (χ2v) is 2.47. The lowest BCUT2D eigenvalue weighted by molar-refractivity contribution is -0.161.